The minimum atomic E-state index is 0.129. The van der Waals surface area contributed by atoms with E-state index in [4.69, 9.17) is 5.84 Å². The zero-order chi connectivity index (χ0) is 21.5. The van der Waals surface area contributed by atoms with Gasteiger partial charge in [0.1, 0.15) is 0 Å². The predicted octanol–water partition coefficient (Wildman–Crippen LogP) is 6.91. The van der Waals surface area contributed by atoms with E-state index >= 15 is 0 Å². The summed E-state index contributed by atoms with van der Waals surface area (Å²) in [6.45, 7) is 0. The van der Waals surface area contributed by atoms with Gasteiger partial charge in [-0.1, -0.05) is 79.3 Å². The van der Waals surface area contributed by atoms with Crippen LogP contribution in [0.3, 0.4) is 0 Å². The summed E-state index contributed by atoms with van der Waals surface area (Å²) < 4.78 is 0. The molecule has 2 N–H and O–H groups in total. The number of hydrogen-bond acceptors (Lipinski definition) is 2. The van der Waals surface area contributed by atoms with Gasteiger partial charge >= 0.3 is 0 Å². The fourth-order valence-electron chi connectivity index (χ4n) is 5.91. The maximum atomic E-state index is 6.79. The number of hydrogen-bond donors (Lipinski definition) is 1. The van der Waals surface area contributed by atoms with Gasteiger partial charge < -0.3 is 0 Å². The van der Waals surface area contributed by atoms with Gasteiger partial charge in [0.2, 0.25) is 0 Å². The molecule has 0 bridgehead atoms. The van der Waals surface area contributed by atoms with Gasteiger partial charge in [-0.3, -0.25) is 5.01 Å². The quantitative estimate of drug-likeness (QED) is 0.287. The van der Waals surface area contributed by atoms with Crippen molar-refractivity contribution in [2.45, 2.75) is 37.5 Å². The van der Waals surface area contributed by atoms with Gasteiger partial charge in [-0.2, -0.15) is 0 Å². The van der Waals surface area contributed by atoms with E-state index in [0.29, 0.717) is 0 Å². The number of rotatable bonds is 3. The second-order valence-electron chi connectivity index (χ2n) is 9.00. The van der Waals surface area contributed by atoms with Gasteiger partial charge in [0.25, 0.3) is 0 Å². The van der Waals surface area contributed by atoms with Crippen molar-refractivity contribution in [3.63, 3.8) is 0 Å². The van der Waals surface area contributed by atoms with Crippen molar-refractivity contribution in [2.75, 3.05) is 5.01 Å². The average molecular weight is 415 g/mol. The van der Waals surface area contributed by atoms with Crippen molar-refractivity contribution in [3.05, 3.63) is 102 Å². The molecule has 32 heavy (non-hydrogen) atoms. The van der Waals surface area contributed by atoms with Crippen LogP contribution < -0.4 is 10.9 Å². The van der Waals surface area contributed by atoms with Gasteiger partial charge in [-0.15, -0.1) is 0 Å². The van der Waals surface area contributed by atoms with E-state index in [-0.39, 0.29) is 5.41 Å². The Kier molecular flexibility index (Phi) is 4.52. The average Bonchev–Trinajstić information content (AvgIpc) is 3.34. The molecule has 0 atom stereocenters. The highest BCUT2D eigenvalue weighted by Gasteiger charge is 2.46. The first-order valence-electron chi connectivity index (χ1n) is 11.5. The molecule has 6 rings (SSSR count). The molecule has 3 aromatic carbocycles. The second-order valence-corrected chi connectivity index (χ2v) is 9.00. The molecule has 0 aliphatic heterocycles. The van der Waals surface area contributed by atoms with Crippen molar-refractivity contribution in [3.8, 4) is 23.0 Å². The molecular weight excluding hydrogens is 388 g/mol. The van der Waals surface area contributed by atoms with E-state index in [2.05, 4.69) is 84.6 Å². The first-order chi connectivity index (χ1) is 15.8. The third-order valence-corrected chi connectivity index (χ3v) is 7.40. The molecule has 0 amide bonds. The lowest BCUT2D eigenvalue weighted by atomic mass is 9.74. The molecule has 0 heterocycles. The van der Waals surface area contributed by atoms with Crippen LogP contribution in [0.4, 0.5) is 11.4 Å². The molecule has 1 fully saturated rings. The third kappa shape index (κ3) is 2.86. The first kappa shape index (κ1) is 19.2. The Morgan fingerprint density at radius 1 is 0.844 bits per heavy atom. The Balaban J connectivity index is 1.46. The summed E-state index contributed by atoms with van der Waals surface area (Å²) in [7, 11) is 0. The smallest absolute Gasteiger partial charge is 0.0653 e. The lowest BCUT2D eigenvalue weighted by Crippen LogP contribution is -2.27. The van der Waals surface area contributed by atoms with E-state index in [1.54, 1.807) is 0 Å². The summed E-state index contributed by atoms with van der Waals surface area (Å²) in [5, 5.41) is 1.85. The van der Waals surface area contributed by atoms with Crippen LogP contribution in [-0.2, 0) is 5.41 Å². The van der Waals surface area contributed by atoms with Crippen molar-refractivity contribution in [1.82, 2.24) is 0 Å². The van der Waals surface area contributed by atoms with E-state index in [0.717, 1.165) is 23.4 Å². The number of benzene rings is 3. The molecule has 3 aromatic rings. The molecule has 156 valence electrons. The summed E-state index contributed by atoms with van der Waals surface area (Å²) in [5.74, 6) is 13.3. The largest absolute Gasteiger partial charge is 0.279 e. The molecule has 0 saturated heterocycles. The Labute approximate surface area is 190 Å². The van der Waals surface area contributed by atoms with Gasteiger partial charge in [0.05, 0.1) is 11.4 Å². The minimum Gasteiger partial charge on any atom is -0.279 e. The fourth-order valence-corrected chi connectivity index (χ4v) is 5.91. The third-order valence-electron chi connectivity index (χ3n) is 7.40. The number of nitrogens with two attached hydrogens (primary N) is 1. The zero-order valence-corrected chi connectivity index (χ0v) is 18.1. The lowest BCUT2D eigenvalue weighted by Gasteiger charge is -2.30. The molecule has 0 aromatic heterocycles. The molecular formula is C30H26N2. The van der Waals surface area contributed by atoms with Crippen LogP contribution in [0.2, 0.25) is 0 Å². The van der Waals surface area contributed by atoms with Crippen LogP contribution >= 0.6 is 0 Å². The van der Waals surface area contributed by atoms with Crippen LogP contribution in [0, 0.1) is 11.8 Å². The summed E-state index contributed by atoms with van der Waals surface area (Å²) in [6, 6.07) is 25.6. The van der Waals surface area contributed by atoms with Crippen molar-refractivity contribution < 1.29 is 0 Å². The number of hydrazine groups is 1. The molecule has 3 aliphatic carbocycles. The number of fused-ring (bicyclic) bond motifs is 4. The predicted molar refractivity (Wildman–Crippen MR) is 133 cm³/mol. The topological polar surface area (TPSA) is 29.3 Å². The Morgan fingerprint density at radius 2 is 1.62 bits per heavy atom. The van der Waals surface area contributed by atoms with Crippen molar-refractivity contribution in [1.29, 1.82) is 0 Å². The normalized spacial score (nSPS) is 17.5. The number of anilines is 2. The zero-order valence-electron chi connectivity index (χ0n) is 18.1. The van der Waals surface area contributed by atoms with Crippen LogP contribution in [-0.4, -0.2) is 0 Å². The monoisotopic (exact) mass is 414 g/mol. The first-order valence-corrected chi connectivity index (χ1v) is 11.5. The van der Waals surface area contributed by atoms with Crippen LogP contribution in [0.1, 0.15) is 43.2 Å². The molecule has 3 aliphatic rings. The standard InChI is InChI=1S/C30H26N2/c31-32(29-16-8-7-13-24(29)22-11-3-1-4-12-22)23-17-18-26-25-14-5-2-6-15-27(25)30(28(26)21-23)19-9-10-20-30/h1,3-5,7-8,11-14,16-18,21H,9-10,15,19-20,31H2. The molecule has 2 heteroatoms. The maximum absolute atomic E-state index is 6.79. The van der Waals surface area contributed by atoms with Gasteiger partial charge in [0, 0.05) is 17.4 Å². The van der Waals surface area contributed by atoms with E-state index in [9.17, 15) is 0 Å². The maximum Gasteiger partial charge on any atom is 0.0653 e. The lowest BCUT2D eigenvalue weighted by molar-refractivity contribution is 0.526. The fraction of sp³-hybridized carbons (Fsp3) is 0.200. The summed E-state index contributed by atoms with van der Waals surface area (Å²) >= 11 is 0. The molecule has 0 unspecified atom stereocenters. The van der Waals surface area contributed by atoms with E-state index in [1.807, 2.05) is 17.2 Å². The van der Waals surface area contributed by atoms with Crippen LogP contribution in [0.25, 0.3) is 16.7 Å². The number of para-hydroxylation sites is 1. The van der Waals surface area contributed by atoms with Crippen molar-refractivity contribution in [2.24, 2.45) is 5.84 Å². The molecule has 1 saturated carbocycles. The van der Waals surface area contributed by atoms with E-state index in [1.165, 1.54) is 53.5 Å². The Hall–Kier alpha value is -3.54. The summed E-state index contributed by atoms with van der Waals surface area (Å²) in [6.07, 6.45) is 10.1. The van der Waals surface area contributed by atoms with Gasteiger partial charge in [0.15, 0.2) is 0 Å². The van der Waals surface area contributed by atoms with E-state index < -0.39 is 0 Å². The van der Waals surface area contributed by atoms with Crippen LogP contribution in [0.5, 0.6) is 0 Å². The van der Waals surface area contributed by atoms with Gasteiger partial charge in [-0.25, -0.2) is 5.84 Å². The van der Waals surface area contributed by atoms with Gasteiger partial charge in [-0.05, 0) is 71.0 Å². The molecule has 1 spiro atoms. The number of allylic oxidation sites excluding steroid dienone is 4. The minimum absolute atomic E-state index is 0.129. The second kappa shape index (κ2) is 7.55. The Morgan fingerprint density at radius 3 is 2.47 bits per heavy atom. The highest BCUT2D eigenvalue weighted by Crippen LogP contribution is 2.57. The summed E-state index contributed by atoms with van der Waals surface area (Å²) in [5.41, 5.74) is 10.2. The Bertz CT molecular complexity index is 1310. The van der Waals surface area contributed by atoms with Crippen LogP contribution in [0.15, 0.2) is 90.5 Å². The highest BCUT2D eigenvalue weighted by molar-refractivity contribution is 5.89. The van der Waals surface area contributed by atoms with Crippen molar-refractivity contribution >= 4 is 16.9 Å². The number of nitrogens with zero attached hydrogens (tertiary/aromatic N) is 1. The molecule has 0 radical (unpaired) electrons. The highest BCUT2D eigenvalue weighted by atomic mass is 15.4. The molecule has 2 nitrogen and oxygen atoms in total. The SMILES string of the molecule is NN(c1ccc2c(c1)C1(CCCC1)C1=C2C=CC#CC1)c1ccccc1-c1ccccc1. The summed E-state index contributed by atoms with van der Waals surface area (Å²) in [4.78, 5) is 0.